The van der Waals surface area contributed by atoms with Gasteiger partial charge in [0.15, 0.2) is 0 Å². The second-order valence-electron chi connectivity index (χ2n) is 5.91. The summed E-state index contributed by atoms with van der Waals surface area (Å²) in [6.45, 7) is 1.46. The van der Waals surface area contributed by atoms with Gasteiger partial charge in [-0.05, 0) is 37.3 Å². The Morgan fingerprint density at radius 1 is 1.23 bits per heavy atom. The Morgan fingerprint density at radius 3 is 2.68 bits per heavy atom. The van der Waals surface area contributed by atoms with E-state index in [1.165, 1.54) is 10.4 Å². The molecule has 2 saturated heterocycles. The van der Waals surface area contributed by atoms with Crippen LogP contribution in [0.3, 0.4) is 0 Å². The lowest BCUT2D eigenvalue weighted by molar-refractivity contribution is -0.0534. The highest BCUT2D eigenvalue weighted by atomic mass is 32.2. The first-order valence-corrected chi connectivity index (χ1v) is 9.10. The molecule has 0 N–H and O–H groups in total. The van der Waals surface area contributed by atoms with Crippen molar-refractivity contribution in [2.75, 3.05) is 19.7 Å². The van der Waals surface area contributed by atoms with Crippen LogP contribution in [0.5, 0.6) is 0 Å². The van der Waals surface area contributed by atoms with Crippen LogP contribution in [0.4, 0.5) is 8.78 Å². The Kier molecular flexibility index (Phi) is 4.47. The van der Waals surface area contributed by atoms with Gasteiger partial charge >= 0.3 is 0 Å². The van der Waals surface area contributed by atoms with Crippen molar-refractivity contribution >= 4 is 10.0 Å². The first-order valence-electron chi connectivity index (χ1n) is 7.50. The molecule has 2 aliphatic heterocycles. The maximum atomic E-state index is 13.7. The molecular weight excluding hydrogens is 312 g/mol. The normalized spacial score (nSPS) is 26.6. The van der Waals surface area contributed by atoms with Crippen LogP contribution in [0.2, 0.25) is 0 Å². The maximum Gasteiger partial charge on any atom is 0.218 e. The van der Waals surface area contributed by atoms with E-state index in [2.05, 4.69) is 0 Å². The van der Waals surface area contributed by atoms with Crippen molar-refractivity contribution in [3.8, 4) is 0 Å². The monoisotopic (exact) mass is 331 g/mol. The number of hydrogen-bond acceptors (Lipinski definition) is 3. The van der Waals surface area contributed by atoms with Crippen molar-refractivity contribution in [3.63, 3.8) is 0 Å². The predicted molar refractivity (Wildman–Crippen MR) is 77.6 cm³/mol. The third kappa shape index (κ3) is 3.16. The molecule has 0 aliphatic carbocycles. The van der Waals surface area contributed by atoms with Crippen molar-refractivity contribution in [2.45, 2.75) is 31.1 Å². The smallest absolute Gasteiger partial charge is 0.218 e. The van der Waals surface area contributed by atoms with Crippen LogP contribution < -0.4 is 0 Å². The van der Waals surface area contributed by atoms with Crippen molar-refractivity contribution in [1.29, 1.82) is 0 Å². The Labute approximate surface area is 129 Å². The molecule has 1 aromatic carbocycles. The highest BCUT2D eigenvalue weighted by Gasteiger charge is 2.37. The van der Waals surface area contributed by atoms with Gasteiger partial charge < -0.3 is 4.74 Å². The lowest BCUT2D eigenvalue weighted by Gasteiger charge is -2.40. The zero-order valence-corrected chi connectivity index (χ0v) is 13.0. The molecule has 0 saturated carbocycles. The predicted octanol–water partition coefficient (Wildman–Crippen LogP) is 2.30. The number of sulfonamides is 1. The first kappa shape index (κ1) is 15.8. The van der Waals surface area contributed by atoms with Crippen LogP contribution in [-0.2, 0) is 20.5 Å². The largest absolute Gasteiger partial charge is 0.378 e. The number of fused-ring (bicyclic) bond motifs is 1. The van der Waals surface area contributed by atoms with E-state index in [0.717, 1.165) is 31.6 Å². The molecule has 1 aromatic rings. The molecule has 0 aromatic heterocycles. The van der Waals surface area contributed by atoms with Gasteiger partial charge in [-0.15, -0.1) is 0 Å². The molecule has 122 valence electrons. The fraction of sp³-hybridized carbons (Fsp3) is 0.600. The molecule has 22 heavy (non-hydrogen) atoms. The second kappa shape index (κ2) is 6.22. The van der Waals surface area contributed by atoms with Crippen LogP contribution in [0, 0.1) is 17.6 Å². The summed E-state index contributed by atoms with van der Waals surface area (Å²) in [5.74, 6) is -2.09. The summed E-state index contributed by atoms with van der Waals surface area (Å²) >= 11 is 0. The van der Waals surface area contributed by atoms with E-state index < -0.39 is 27.4 Å². The van der Waals surface area contributed by atoms with Crippen molar-refractivity contribution in [3.05, 3.63) is 35.4 Å². The average Bonchev–Trinajstić information content (AvgIpc) is 2.50. The van der Waals surface area contributed by atoms with Gasteiger partial charge in [-0.3, -0.25) is 0 Å². The molecule has 2 atom stereocenters. The second-order valence-corrected chi connectivity index (χ2v) is 7.88. The lowest BCUT2D eigenvalue weighted by Crippen LogP contribution is -2.48. The standard InChI is InChI=1S/C15H19F2NO3S/c16-13-4-1-5-14(17)12(13)10-22(19,20)18-7-6-15-11(9-18)3-2-8-21-15/h1,4-5,11,15H,2-3,6-10H2. The summed E-state index contributed by atoms with van der Waals surface area (Å²) < 4.78 is 59.3. The molecule has 2 aliphatic rings. The molecule has 0 amide bonds. The lowest BCUT2D eigenvalue weighted by atomic mass is 9.90. The van der Waals surface area contributed by atoms with Crippen LogP contribution in [0.25, 0.3) is 0 Å². The third-order valence-corrected chi connectivity index (χ3v) is 6.23. The summed E-state index contributed by atoms with van der Waals surface area (Å²) in [5.41, 5.74) is -0.385. The zero-order chi connectivity index (χ0) is 15.7. The number of benzene rings is 1. The summed E-state index contributed by atoms with van der Waals surface area (Å²) in [5, 5.41) is 0. The van der Waals surface area contributed by atoms with Gasteiger partial charge in [0.1, 0.15) is 11.6 Å². The minimum atomic E-state index is -3.73. The zero-order valence-electron chi connectivity index (χ0n) is 12.2. The van der Waals surface area contributed by atoms with E-state index >= 15 is 0 Å². The number of ether oxygens (including phenoxy) is 1. The molecule has 2 fully saturated rings. The topological polar surface area (TPSA) is 46.6 Å². The maximum absolute atomic E-state index is 13.7. The number of nitrogens with zero attached hydrogens (tertiary/aromatic N) is 1. The molecule has 0 radical (unpaired) electrons. The van der Waals surface area contributed by atoms with Gasteiger partial charge in [0.05, 0.1) is 11.9 Å². The highest BCUT2D eigenvalue weighted by molar-refractivity contribution is 7.88. The van der Waals surface area contributed by atoms with Gasteiger partial charge in [0.25, 0.3) is 0 Å². The average molecular weight is 331 g/mol. The van der Waals surface area contributed by atoms with E-state index in [0.29, 0.717) is 19.5 Å². The Morgan fingerprint density at radius 2 is 1.95 bits per heavy atom. The van der Waals surface area contributed by atoms with Crippen LogP contribution in [0.1, 0.15) is 24.8 Å². The number of halogens is 2. The van der Waals surface area contributed by atoms with Crippen molar-refractivity contribution in [1.82, 2.24) is 4.31 Å². The van der Waals surface area contributed by atoms with Crippen LogP contribution in [0.15, 0.2) is 18.2 Å². The third-order valence-electron chi connectivity index (χ3n) is 4.46. The Bertz CT molecular complexity index is 630. The molecule has 7 heteroatoms. The van der Waals surface area contributed by atoms with E-state index in [1.807, 2.05) is 0 Å². The minimum Gasteiger partial charge on any atom is -0.378 e. The van der Waals surface area contributed by atoms with E-state index in [1.54, 1.807) is 0 Å². The first-order chi connectivity index (χ1) is 10.5. The molecule has 3 rings (SSSR count). The summed E-state index contributed by atoms with van der Waals surface area (Å²) in [6.07, 6.45) is 2.62. The van der Waals surface area contributed by atoms with Gasteiger partial charge in [-0.1, -0.05) is 6.07 Å². The summed E-state index contributed by atoms with van der Waals surface area (Å²) in [6, 6.07) is 3.38. The van der Waals surface area contributed by atoms with Crippen LogP contribution in [-0.4, -0.2) is 38.5 Å². The Hall–Kier alpha value is -1.05. The molecule has 4 nitrogen and oxygen atoms in total. The quantitative estimate of drug-likeness (QED) is 0.854. The minimum absolute atomic E-state index is 0.116. The van der Waals surface area contributed by atoms with E-state index in [-0.39, 0.29) is 17.6 Å². The summed E-state index contributed by atoms with van der Waals surface area (Å²) in [7, 11) is -3.73. The molecular formula is C15H19F2NO3S. The fourth-order valence-corrected chi connectivity index (χ4v) is 4.88. The van der Waals surface area contributed by atoms with Crippen molar-refractivity contribution in [2.24, 2.45) is 5.92 Å². The number of hydrogen-bond donors (Lipinski definition) is 0. The van der Waals surface area contributed by atoms with E-state index in [4.69, 9.17) is 4.74 Å². The van der Waals surface area contributed by atoms with Gasteiger partial charge in [0, 0.05) is 25.3 Å². The SMILES string of the molecule is O=S(=O)(Cc1c(F)cccc1F)N1CCC2OCCCC2C1. The molecule has 2 unspecified atom stereocenters. The van der Waals surface area contributed by atoms with Gasteiger partial charge in [-0.2, -0.15) is 0 Å². The fourth-order valence-electron chi connectivity index (χ4n) is 3.25. The van der Waals surface area contributed by atoms with Crippen LogP contribution >= 0.6 is 0 Å². The Balaban J connectivity index is 1.76. The molecule has 0 spiro atoms. The highest BCUT2D eigenvalue weighted by Crippen LogP contribution is 2.30. The molecule has 0 bridgehead atoms. The number of piperidine rings is 1. The van der Waals surface area contributed by atoms with Gasteiger partial charge in [-0.25, -0.2) is 21.5 Å². The summed E-state index contributed by atoms with van der Waals surface area (Å²) in [4.78, 5) is 0. The molecule has 2 heterocycles. The van der Waals surface area contributed by atoms with E-state index in [9.17, 15) is 17.2 Å². The number of rotatable bonds is 3. The van der Waals surface area contributed by atoms with Crippen molar-refractivity contribution < 1.29 is 21.9 Å². The van der Waals surface area contributed by atoms with Gasteiger partial charge in [0.2, 0.25) is 10.0 Å².